The number of nitrogens with zero attached hydrogens (tertiary/aromatic N) is 6. The van der Waals surface area contributed by atoms with Crippen molar-refractivity contribution in [3.8, 4) is 11.5 Å². The van der Waals surface area contributed by atoms with E-state index in [2.05, 4.69) is 25.8 Å². The number of aromatic nitrogens is 5. The molecule has 0 radical (unpaired) electrons. The molecule has 1 aliphatic rings. The van der Waals surface area contributed by atoms with Crippen molar-refractivity contribution >= 4 is 28.5 Å². The van der Waals surface area contributed by atoms with Crippen LogP contribution < -0.4 is 5.32 Å². The maximum absolute atomic E-state index is 14.9. The molecule has 12 nitrogen and oxygen atoms in total. The number of fused-ring (bicyclic) bond motifs is 1. The highest BCUT2D eigenvalue weighted by molar-refractivity contribution is 8.22. The summed E-state index contributed by atoms with van der Waals surface area (Å²) >= 11 is 0. The lowest BCUT2D eigenvalue weighted by Gasteiger charge is -2.45. The van der Waals surface area contributed by atoms with E-state index in [1.807, 2.05) is 20.8 Å². The molecule has 0 spiro atoms. The third-order valence-corrected chi connectivity index (χ3v) is 7.98. The van der Waals surface area contributed by atoms with Gasteiger partial charge in [0.15, 0.2) is 0 Å². The minimum absolute atomic E-state index is 0.0489. The Labute approximate surface area is 214 Å². The average molecular weight is 534 g/mol. The Morgan fingerprint density at radius 1 is 1.27 bits per heavy atom. The number of carbonyl (C=O) groups is 2. The SMILES string of the molecule is CC(=O)OCC(C)n1nnnc1-c1cccc(NC(=O)c2cc3c(cc2F)CN(C(C)(C)C)S3(O)O)n1. The summed E-state index contributed by atoms with van der Waals surface area (Å²) in [7, 11) is -3.39. The molecule has 2 aromatic heterocycles. The van der Waals surface area contributed by atoms with Crippen molar-refractivity contribution in [3.05, 3.63) is 47.3 Å². The van der Waals surface area contributed by atoms with Crippen LogP contribution in [0.25, 0.3) is 11.5 Å². The van der Waals surface area contributed by atoms with Crippen LogP contribution >= 0.6 is 10.8 Å². The monoisotopic (exact) mass is 533 g/mol. The zero-order valence-electron chi connectivity index (χ0n) is 21.0. The molecule has 1 aromatic carbocycles. The number of amides is 1. The molecule has 3 heterocycles. The van der Waals surface area contributed by atoms with E-state index in [-0.39, 0.29) is 41.3 Å². The lowest BCUT2D eigenvalue weighted by atomic mass is 10.1. The molecule has 1 amide bonds. The van der Waals surface area contributed by atoms with E-state index in [0.717, 1.165) is 6.07 Å². The topological polar surface area (TPSA) is 156 Å². The number of halogens is 1. The minimum atomic E-state index is -3.39. The fraction of sp³-hybridized carbons (Fsp3) is 0.391. The van der Waals surface area contributed by atoms with Crippen LogP contribution in [0.3, 0.4) is 0 Å². The van der Waals surface area contributed by atoms with Crippen LogP contribution in [0.4, 0.5) is 10.2 Å². The van der Waals surface area contributed by atoms with E-state index in [9.17, 15) is 23.1 Å². The lowest BCUT2D eigenvalue weighted by molar-refractivity contribution is -0.142. The normalized spacial score (nSPS) is 16.6. The lowest BCUT2D eigenvalue weighted by Crippen LogP contribution is -2.39. The molecule has 1 unspecified atom stereocenters. The van der Waals surface area contributed by atoms with E-state index in [0.29, 0.717) is 11.3 Å². The van der Waals surface area contributed by atoms with Crippen LogP contribution in [-0.4, -0.2) is 62.6 Å². The number of tetrazole rings is 1. The predicted octanol–water partition coefficient (Wildman–Crippen LogP) is 3.89. The van der Waals surface area contributed by atoms with Crippen molar-refractivity contribution < 1.29 is 27.8 Å². The summed E-state index contributed by atoms with van der Waals surface area (Å²) in [5.41, 5.74) is -0.200. The summed E-state index contributed by atoms with van der Waals surface area (Å²) in [4.78, 5) is 28.6. The van der Waals surface area contributed by atoms with Gasteiger partial charge in [-0.15, -0.1) is 15.9 Å². The molecule has 0 saturated carbocycles. The van der Waals surface area contributed by atoms with E-state index >= 15 is 0 Å². The number of anilines is 1. The van der Waals surface area contributed by atoms with Crippen LogP contribution in [0.2, 0.25) is 0 Å². The second kappa shape index (κ2) is 9.78. The van der Waals surface area contributed by atoms with Crippen molar-refractivity contribution in [2.75, 3.05) is 11.9 Å². The summed E-state index contributed by atoms with van der Waals surface area (Å²) in [5, 5.41) is 14.1. The molecular formula is C23H28FN7O5S. The number of esters is 1. The first-order valence-electron chi connectivity index (χ1n) is 11.4. The Morgan fingerprint density at radius 3 is 2.68 bits per heavy atom. The Balaban J connectivity index is 1.58. The van der Waals surface area contributed by atoms with Gasteiger partial charge in [0.25, 0.3) is 5.91 Å². The second-order valence-corrected chi connectivity index (χ2v) is 11.5. The molecule has 3 N–H and O–H groups in total. The smallest absolute Gasteiger partial charge is 0.302 e. The summed E-state index contributed by atoms with van der Waals surface area (Å²) in [5.74, 6) is -1.66. The van der Waals surface area contributed by atoms with Crippen molar-refractivity contribution in [3.63, 3.8) is 0 Å². The first kappa shape index (κ1) is 26.6. The van der Waals surface area contributed by atoms with Gasteiger partial charge in [0.2, 0.25) is 5.82 Å². The number of benzene rings is 1. The van der Waals surface area contributed by atoms with E-state index in [1.165, 1.54) is 28.0 Å². The van der Waals surface area contributed by atoms with Crippen molar-refractivity contribution in [1.29, 1.82) is 0 Å². The Bertz CT molecular complexity index is 1360. The number of hydrogen-bond donors (Lipinski definition) is 3. The van der Waals surface area contributed by atoms with Crippen molar-refractivity contribution in [2.24, 2.45) is 0 Å². The first-order chi connectivity index (χ1) is 17.3. The zero-order valence-corrected chi connectivity index (χ0v) is 21.8. The number of nitrogens with one attached hydrogen (secondary N) is 1. The Morgan fingerprint density at radius 2 is 2.00 bits per heavy atom. The molecule has 0 saturated heterocycles. The molecule has 1 aliphatic heterocycles. The molecule has 0 bridgehead atoms. The fourth-order valence-electron chi connectivity index (χ4n) is 3.91. The highest BCUT2D eigenvalue weighted by Crippen LogP contribution is 2.61. The number of pyridine rings is 1. The van der Waals surface area contributed by atoms with E-state index < -0.39 is 34.0 Å². The van der Waals surface area contributed by atoms with Gasteiger partial charge < -0.3 is 10.1 Å². The van der Waals surface area contributed by atoms with Gasteiger partial charge >= 0.3 is 5.97 Å². The van der Waals surface area contributed by atoms with E-state index in [4.69, 9.17) is 4.74 Å². The molecule has 4 rings (SSSR count). The van der Waals surface area contributed by atoms with Gasteiger partial charge in [0.1, 0.15) is 23.9 Å². The molecule has 37 heavy (non-hydrogen) atoms. The van der Waals surface area contributed by atoms with Crippen LogP contribution in [0.1, 0.15) is 56.6 Å². The number of ether oxygens (including phenoxy) is 1. The summed E-state index contributed by atoms with van der Waals surface area (Å²) in [6.07, 6.45) is 0. The molecule has 14 heteroatoms. The third-order valence-electron chi connectivity index (χ3n) is 5.72. The highest BCUT2D eigenvalue weighted by Gasteiger charge is 2.42. The molecule has 3 aromatic rings. The van der Waals surface area contributed by atoms with Gasteiger partial charge in [-0.3, -0.25) is 18.7 Å². The van der Waals surface area contributed by atoms with Gasteiger partial charge in [0, 0.05) is 19.0 Å². The predicted molar refractivity (Wildman–Crippen MR) is 133 cm³/mol. The highest BCUT2D eigenvalue weighted by atomic mass is 32.3. The van der Waals surface area contributed by atoms with Gasteiger partial charge in [0.05, 0.1) is 16.5 Å². The Kier molecular flexibility index (Phi) is 7.03. The second-order valence-electron chi connectivity index (χ2n) is 9.63. The number of rotatable bonds is 6. The number of carbonyl (C=O) groups excluding carboxylic acids is 2. The minimum Gasteiger partial charge on any atom is -0.464 e. The van der Waals surface area contributed by atoms with Crippen LogP contribution in [-0.2, 0) is 16.1 Å². The quantitative estimate of drug-likeness (QED) is 0.397. The van der Waals surface area contributed by atoms with Gasteiger partial charge in [-0.1, -0.05) is 6.07 Å². The van der Waals surface area contributed by atoms with Crippen molar-refractivity contribution in [2.45, 2.75) is 57.6 Å². The fourth-order valence-corrected chi connectivity index (χ4v) is 5.98. The maximum atomic E-state index is 14.9. The third kappa shape index (κ3) is 5.32. The summed E-state index contributed by atoms with van der Waals surface area (Å²) < 4.78 is 44.6. The van der Waals surface area contributed by atoms with Gasteiger partial charge in [-0.25, -0.2) is 14.1 Å². The van der Waals surface area contributed by atoms with Gasteiger partial charge in [-0.2, -0.15) is 4.31 Å². The maximum Gasteiger partial charge on any atom is 0.302 e. The van der Waals surface area contributed by atoms with Crippen molar-refractivity contribution in [1.82, 2.24) is 29.5 Å². The van der Waals surface area contributed by atoms with Crippen LogP contribution in [0.5, 0.6) is 0 Å². The van der Waals surface area contributed by atoms with E-state index in [1.54, 1.807) is 19.1 Å². The zero-order chi connectivity index (χ0) is 27.1. The average Bonchev–Trinajstić information content (AvgIpc) is 3.39. The standard InChI is InChI=1S/C23H28FN7O5S/c1-13(12-36-14(2)32)31-21(27-28-29-31)18-7-6-8-20(25-18)26-22(33)16-10-19-15(9-17(16)24)11-30(23(3,4)5)37(19,34)35/h6-10,13,34-35H,11-12H2,1-5H3,(H,25,26,33). The molecule has 0 aliphatic carbocycles. The number of hydrogen-bond acceptors (Lipinski definition) is 10. The first-order valence-corrected chi connectivity index (χ1v) is 12.9. The summed E-state index contributed by atoms with van der Waals surface area (Å²) in [6, 6.07) is 6.71. The van der Waals surface area contributed by atoms with Crippen LogP contribution in [0, 0.1) is 5.82 Å². The van der Waals surface area contributed by atoms with Gasteiger partial charge in [-0.05, 0) is 68.0 Å². The summed E-state index contributed by atoms with van der Waals surface area (Å²) in [6.45, 7) is 8.72. The molecule has 1 atom stereocenters. The molecular weight excluding hydrogens is 505 g/mol. The molecule has 0 fully saturated rings. The Hall–Kier alpha value is -3.46. The van der Waals surface area contributed by atoms with Crippen LogP contribution in [0.15, 0.2) is 35.2 Å². The largest absolute Gasteiger partial charge is 0.464 e. The molecule has 198 valence electrons.